The molecule has 0 amide bonds. The van der Waals surface area contributed by atoms with Gasteiger partial charge in [-0.15, -0.1) is 0 Å². The number of aliphatic hydroxyl groups excluding tert-OH is 1. The topological polar surface area (TPSA) is 77.2 Å². The van der Waals surface area contributed by atoms with Crippen molar-refractivity contribution in [2.24, 2.45) is 5.41 Å². The zero-order chi connectivity index (χ0) is 14.0. The van der Waals surface area contributed by atoms with Crippen LogP contribution in [0.25, 0.3) is 10.9 Å². The second kappa shape index (κ2) is 5.30. The van der Waals surface area contributed by atoms with Crippen LogP contribution >= 0.6 is 0 Å². The number of ether oxygens (including phenoxy) is 1. The van der Waals surface area contributed by atoms with Crippen molar-refractivity contribution < 1.29 is 9.84 Å². The van der Waals surface area contributed by atoms with Crippen LogP contribution in [0.3, 0.4) is 0 Å². The molecule has 20 heavy (non-hydrogen) atoms. The molecule has 0 atom stereocenters. The molecule has 0 bridgehead atoms. The first-order valence-corrected chi connectivity index (χ1v) is 6.72. The van der Waals surface area contributed by atoms with Gasteiger partial charge in [0.2, 0.25) is 0 Å². The molecule has 0 radical (unpaired) electrons. The van der Waals surface area contributed by atoms with E-state index in [2.05, 4.69) is 9.97 Å². The average molecular weight is 275 g/mol. The molecule has 0 saturated carbocycles. The van der Waals surface area contributed by atoms with Crippen molar-refractivity contribution in [2.45, 2.75) is 19.4 Å². The minimum absolute atomic E-state index is 0.0495. The van der Waals surface area contributed by atoms with E-state index >= 15 is 0 Å². The molecule has 2 aromatic rings. The Kier molecular flexibility index (Phi) is 3.50. The van der Waals surface area contributed by atoms with Crippen LogP contribution in [-0.2, 0) is 11.3 Å². The Morgan fingerprint density at radius 1 is 1.40 bits per heavy atom. The van der Waals surface area contributed by atoms with Crippen molar-refractivity contribution in [3.05, 3.63) is 35.1 Å². The molecule has 1 N–H and O–H groups in total. The van der Waals surface area contributed by atoms with Gasteiger partial charge in [0.25, 0.3) is 5.56 Å². The number of fused-ring (bicyclic) bond motifs is 1. The number of hydrogen-bond acceptors (Lipinski definition) is 5. The number of hydrogen-bond donors (Lipinski definition) is 1. The smallest absolute Gasteiger partial charge is 0.262 e. The zero-order valence-electron chi connectivity index (χ0n) is 11.2. The second-order valence-electron chi connectivity index (χ2n) is 5.34. The van der Waals surface area contributed by atoms with E-state index in [1.807, 2.05) is 0 Å². The van der Waals surface area contributed by atoms with Crippen LogP contribution in [0.15, 0.2) is 29.6 Å². The molecule has 3 heterocycles. The Hall–Kier alpha value is -1.79. The Bertz CT molecular complexity index is 662. The second-order valence-corrected chi connectivity index (χ2v) is 5.34. The first kappa shape index (κ1) is 13.2. The minimum atomic E-state index is -0.292. The van der Waals surface area contributed by atoms with E-state index < -0.39 is 0 Å². The largest absolute Gasteiger partial charge is 0.396 e. The highest BCUT2D eigenvalue weighted by Gasteiger charge is 2.32. The van der Waals surface area contributed by atoms with Crippen molar-refractivity contribution >= 4 is 10.9 Å². The average Bonchev–Trinajstić information content (AvgIpc) is 2.51. The molecule has 2 aromatic heterocycles. The van der Waals surface area contributed by atoms with Crippen molar-refractivity contribution in [2.75, 3.05) is 19.8 Å². The third-order valence-corrected chi connectivity index (χ3v) is 4.02. The summed E-state index contributed by atoms with van der Waals surface area (Å²) in [4.78, 5) is 20.7. The van der Waals surface area contributed by atoms with Gasteiger partial charge in [-0.1, -0.05) is 0 Å². The number of aromatic nitrogens is 3. The quantitative estimate of drug-likeness (QED) is 0.886. The van der Waals surface area contributed by atoms with Gasteiger partial charge in [-0.25, -0.2) is 4.98 Å². The van der Waals surface area contributed by atoms with Crippen LogP contribution in [0.4, 0.5) is 0 Å². The summed E-state index contributed by atoms with van der Waals surface area (Å²) < 4.78 is 6.92. The van der Waals surface area contributed by atoms with Gasteiger partial charge >= 0.3 is 0 Å². The summed E-state index contributed by atoms with van der Waals surface area (Å²) in [6.07, 6.45) is 6.21. The van der Waals surface area contributed by atoms with Crippen LogP contribution in [0, 0.1) is 5.41 Å². The minimum Gasteiger partial charge on any atom is -0.396 e. The van der Waals surface area contributed by atoms with Gasteiger partial charge in [-0.05, 0) is 18.9 Å². The van der Waals surface area contributed by atoms with Gasteiger partial charge in [0.05, 0.1) is 23.8 Å². The molecule has 106 valence electrons. The molecule has 1 fully saturated rings. The maximum absolute atomic E-state index is 12.4. The molecule has 6 nitrogen and oxygen atoms in total. The fraction of sp³-hybridized carbons (Fsp3) is 0.500. The lowest BCUT2D eigenvalue weighted by atomic mass is 9.81. The Morgan fingerprint density at radius 3 is 2.95 bits per heavy atom. The summed E-state index contributed by atoms with van der Waals surface area (Å²) in [7, 11) is 0. The summed E-state index contributed by atoms with van der Waals surface area (Å²) in [5.74, 6) is 0. The summed E-state index contributed by atoms with van der Waals surface area (Å²) in [5.41, 5.74) is 0.244. The molecule has 0 aliphatic carbocycles. The number of pyridine rings is 1. The lowest BCUT2D eigenvalue weighted by Gasteiger charge is -2.35. The van der Waals surface area contributed by atoms with E-state index in [0.29, 0.717) is 30.7 Å². The van der Waals surface area contributed by atoms with E-state index in [1.54, 1.807) is 23.2 Å². The van der Waals surface area contributed by atoms with Crippen LogP contribution in [0.5, 0.6) is 0 Å². The summed E-state index contributed by atoms with van der Waals surface area (Å²) in [5, 5.41) is 10.2. The van der Waals surface area contributed by atoms with Gasteiger partial charge in [0.15, 0.2) is 0 Å². The monoisotopic (exact) mass is 275 g/mol. The lowest BCUT2D eigenvalue weighted by Crippen LogP contribution is -2.39. The van der Waals surface area contributed by atoms with E-state index in [4.69, 9.17) is 4.74 Å². The third kappa shape index (κ3) is 2.32. The van der Waals surface area contributed by atoms with E-state index in [9.17, 15) is 9.90 Å². The van der Waals surface area contributed by atoms with Crippen LogP contribution < -0.4 is 5.56 Å². The van der Waals surface area contributed by atoms with Crippen LogP contribution in [-0.4, -0.2) is 39.5 Å². The standard InChI is InChI=1S/C14H17N3O3/c18-9-14(2-5-20-6-3-14)8-17-10-16-12-1-4-15-7-11(12)13(17)19/h1,4,7,10,18H,2-3,5-6,8-9H2. The van der Waals surface area contributed by atoms with Crippen molar-refractivity contribution in [1.82, 2.24) is 14.5 Å². The molecular formula is C14H17N3O3. The SMILES string of the molecule is O=c1c2cnccc2ncn1CC1(CO)CCOCC1. The lowest BCUT2D eigenvalue weighted by molar-refractivity contribution is -0.0258. The van der Waals surface area contributed by atoms with Crippen molar-refractivity contribution in [3.63, 3.8) is 0 Å². The molecule has 0 unspecified atom stereocenters. The van der Waals surface area contributed by atoms with Gasteiger partial charge in [-0.2, -0.15) is 0 Å². The highest BCUT2D eigenvalue weighted by molar-refractivity contribution is 5.75. The molecule has 1 aliphatic heterocycles. The summed E-state index contributed by atoms with van der Waals surface area (Å²) in [6.45, 7) is 1.76. The molecule has 0 spiro atoms. The first-order valence-electron chi connectivity index (χ1n) is 6.72. The predicted molar refractivity (Wildman–Crippen MR) is 73.4 cm³/mol. The van der Waals surface area contributed by atoms with E-state index in [1.165, 1.54) is 6.20 Å². The van der Waals surface area contributed by atoms with Crippen molar-refractivity contribution in [1.29, 1.82) is 0 Å². The maximum Gasteiger partial charge on any atom is 0.262 e. The predicted octanol–water partition coefficient (Wildman–Crippen LogP) is 0.581. The summed E-state index contributed by atoms with van der Waals surface area (Å²) in [6, 6.07) is 1.72. The fourth-order valence-corrected chi connectivity index (χ4v) is 2.65. The molecule has 0 aromatic carbocycles. The molecular weight excluding hydrogens is 258 g/mol. The Morgan fingerprint density at radius 2 is 2.20 bits per heavy atom. The molecule has 1 saturated heterocycles. The van der Waals surface area contributed by atoms with E-state index in [0.717, 1.165) is 12.8 Å². The highest BCUT2D eigenvalue weighted by Crippen LogP contribution is 2.31. The summed E-state index contributed by atoms with van der Waals surface area (Å²) >= 11 is 0. The fourth-order valence-electron chi connectivity index (χ4n) is 2.65. The maximum atomic E-state index is 12.4. The number of rotatable bonds is 3. The normalized spacial score (nSPS) is 18.2. The van der Waals surface area contributed by atoms with Crippen LogP contribution in [0.1, 0.15) is 12.8 Å². The number of nitrogens with zero attached hydrogens (tertiary/aromatic N) is 3. The molecule has 1 aliphatic rings. The van der Waals surface area contributed by atoms with Crippen LogP contribution in [0.2, 0.25) is 0 Å². The molecule has 3 rings (SSSR count). The molecule has 6 heteroatoms. The zero-order valence-corrected chi connectivity index (χ0v) is 11.2. The van der Waals surface area contributed by atoms with E-state index in [-0.39, 0.29) is 17.6 Å². The third-order valence-electron chi connectivity index (χ3n) is 4.02. The Balaban J connectivity index is 1.98. The number of aliphatic hydroxyl groups is 1. The first-order chi connectivity index (χ1) is 9.74. The van der Waals surface area contributed by atoms with Gasteiger partial charge in [-0.3, -0.25) is 14.3 Å². The van der Waals surface area contributed by atoms with Gasteiger partial charge in [0, 0.05) is 37.6 Å². The van der Waals surface area contributed by atoms with Gasteiger partial charge < -0.3 is 9.84 Å². The highest BCUT2D eigenvalue weighted by atomic mass is 16.5. The van der Waals surface area contributed by atoms with Crippen molar-refractivity contribution in [3.8, 4) is 0 Å². The van der Waals surface area contributed by atoms with Gasteiger partial charge in [0.1, 0.15) is 0 Å². The Labute approximate surface area is 116 Å².